The number of halogens is 1. The molecule has 0 radical (unpaired) electrons. The second-order valence-corrected chi connectivity index (χ2v) is 9.06. The smallest absolute Gasteiger partial charge is 0.286 e. The van der Waals surface area contributed by atoms with Crippen LogP contribution in [0.3, 0.4) is 0 Å². The molecule has 2 aromatic carbocycles. The van der Waals surface area contributed by atoms with Crippen molar-refractivity contribution in [3.05, 3.63) is 75.5 Å². The quantitative estimate of drug-likeness (QED) is 0.562. The summed E-state index contributed by atoms with van der Waals surface area (Å²) in [4.78, 5) is 39.4. The highest BCUT2D eigenvalue weighted by Gasteiger charge is 2.29. The summed E-state index contributed by atoms with van der Waals surface area (Å²) in [5.41, 5.74) is 2.63. The molecule has 4 rings (SSSR count). The molecular weight excluding hydrogens is 457 g/mol. The Morgan fingerprint density at radius 1 is 1.03 bits per heavy atom. The lowest BCUT2D eigenvalue weighted by atomic mass is 9.95. The SMILES string of the molecule is Cc1ccccc1CNC(=O)C1CCN(C(=O)c2nnc(C(=O)Nc3ccc(F)cc3)s2)CC1. The molecule has 3 amide bonds. The van der Waals surface area contributed by atoms with E-state index in [1.165, 1.54) is 24.3 Å². The number of carbonyl (C=O) groups excluding carboxylic acids is 3. The number of hydrogen-bond acceptors (Lipinski definition) is 6. The first-order valence-electron chi connectivity index (χ1n) is 10.9. The highest BCUT2D eigenvalue weighted by molar-refractivity contribution is 7.15. The zero-order chi connectivity index (χ0) is 24.1. The van der Waals surface area contributed by atoms with E-state index in [-0.39, 0.29) is 27.7 Å². The molecule has 0 atom stereocenters. The highest BCUT2D eigenvalue weighted by atomic mass is 32.1. The standard InChI is InChI=1S/C24H24FN5O3S/c1-15-4-2-3-5-17(15)14-26-20(31)16-10-12-30(13-11-16)24(33)23-29-28-22(34-23)21(32)27-19-8-6-18(25)7-9-19/h2-9,16H,10-14H2,1H3,(H,26,31)(H,27,32). The van der Waals surface area contributed by atoms with Gasteiger partial charge in [-0.1, -0.05) is 35.6 Å². The van der Waals surface area contributed by atoms with Gasteiger partial charge in [-0.05, 0) is 55.2 Å². The molecule has 1 aliphatic rings. The highest BCUT2D eigenvalue weighted by Crippen LogP contribution is 2.21. The molecular formula is C24H24FN5O3S. The van der Waals surface area contributed by atoms with Crippen molar-refractivity contribution in [1.29, 1.82) is 0 Å². The molecule has 3 aromatic rings. The molecule has 1 aromatic heterocycles. The van der Waals surface area contributed by atoms with Gasteiger partial charge in [-0.3, -0.25) is 14.4 Å². The van der Waals surface area contributed by atoms with Crippen LogP contribution in [0.25, 0.3) is 0 Å². The van der Waals surface area contributed by atoms with E-state index in [9.17, 15) is 18.8 Å². The molecule has 0 aliphatic carbocycles. The molecule has 0 spiro atoms. The van der Waals surface area contributed by atoms with E-state index < -0.39 is 11.7 Å². The number of aromatic nitrogens is 2. The summed E-state index contributed by atoms with van der Waals surface area (Å²) in [7, 11) is 0. The molecule has 1 fully saturated rings. The third kappa shape index (κ3) is 5.63. The van der Waals surface area contributed by atoms with E-state index in [1.54, 1.807) is 4.90 Å². The maximum Gasteiger partial charge on any atom is 0.286 e. The van der Waals surface area contributed by atoms with Crippen molar-refractivity contribution in [1.82, 2.24) is 20.4 Å². The predicted molar refractivity (Wildman–Crippen MR) is 126 cm³/mol. The van der Waals surface area contributed by atoms with Crippen LogP contribution < -0.4 is 10.6 Å². The molecule has 8 nitrogen and oxygen atoms in total. The van der Waals surface area contributed by atoms with Crippen LogP contribution in [-0.2, 0) is 11.3 Å². The van der Waals surface area contributed by atoms with Crippen molar-refractivity contribution < 1.29 is 18.8 Å². The number of aryl methyl sites for hydroxylation is 1. The third-order valence-electron chi connectivity index (χ3n) is 5.77. The summed E-state index contributed by atoms with van der Waals surface area (Å²) in [5, 5.41) is 13.4. The number of amides is 3. The van der Waals surface area contributed by atoms with Crippen molar-refractivity contribution in [2.75, 3.05) is 18.4 Å². The number of nitrogens with one attached hydrogen (secondary N) is 2. The normalized spacial score (nSPS) is 14.0. The van der Waals surface area contributed by atoms with E-state index in [0.29, 0.717) is 38.2 Å². The fraction of sp³-hybridized carbons (Fsp3) is 0.292. The predicted octanol–water partition coefficient (Wildman–Crippen LogP) is 3.41. The summed E-state index contributed by atoms with van der Waals surface area (Å²) < 4.78 is 13.0. The van der Waals surface area contributed by atoms with E-state index in [4.69, 9.17) is 0 Å². The molecule has 0 saturated carbocycles. The van der Waals surface area contributed by atoms with E-state index in [2.05, 4.69) is 20.8 Å². The Bertz CT molecular complexity index is 1190. The molecule has 2 heterocycles. The fourth-order valence-corrected chi connectivity index (χ4v) is 4.44. The van der Waals surface area contributed by atoms with Gasteiger partial charge in [0.25, 0.3) is 11.8 Å². The van der Waals surface area contributed by atoms with Crippen molar-refractivity contribution in [3.63, 3.8) is 0 Å². The summed E-state index contributed by atoms with van der Waals surface area (Å²) in [5.74, 6) is -1.40. The van der Waals surface area contributed by atoms with Crippen LogP contribution in [0.2, 0.25) is 0 Å². The lowest BCUT2D eigenvalue weighted by molar-refractivity contribution is -0.126. The number of piperidine rings is 1. The average Bonchev–Trinajstić information content (AvgIpc) is 3.35. The number of benzene rings is 2. The molecule has 176 valence electrons. The van der Waals surface area contributed by atoms with Gasteiger partial charge in [0.1, 0.15) is 5.82 Å². The summed E-state index contributed by atoms with van der Waals surface area (Å²) >= 11 is 0.900. The first-order chi connectivity index (χ1) is 16.4. The van der Waals surface area contributed by atoms with Crippen molar-refractivity contribution >= 4 is 34.7 Å². The Kier molecular flexibility index (Phi) is 7.27. The minimum Gasteiger partial charge on any atom is -0.352 e. The second-order valence-electron chi connectivity index (χ2n) is 8.08. The maximum atomic E-state index is 13.0. The maximum absolute atomic E-state index is 13.0. The first kappa shape index (κ1) is 23.5. The van der Waals surface area contributed by atoms with Crippen LogP contribution in [-0.4, -0.2) is 45.9 Å². The molecule has 0 unspecified atom stereocenters. The average molecular weight is 482 g/mol. The summed E-state index contributed by atoms with van der Waals surface area (Å²) in [6.07, 6.45) is 1.12. The minimum absolute atomic E-state index is 0.00832. The summed E-state index contributed by atoms with van der Waals surface area (Å²) in [6, 6.07) is 13.2. The number of rotatable bonds is 6. The topological polar surface area (TPSA) is 104 Å². The van der Waals surface area contributed by atoms with Crippen LogP contribution in [0.4, 0.5) is 10.1 Å². The number of hydrogen-bond donors (Lipinski definition) is 2. The van der Waals surface area contributed by atoms with Crippen LogP contribution in [0.1, 0.15) is 43.6 Å². The van der Waals surface area contributed by atoms with Gasteiger partial charge in [0.2, 0.25) is 15.9 Å². The van der Waals surface area contributed by atoms with Crippen LogP contribution in [0, 0.1) is 18.7 Å². The van der Waals surface area contributed by atoms with Crippen LogP contribution in [0.5, 0.6) is 0 Å². The van der Waals surface area contributed by atoms with Gasteiger partial charge in [0, 0.05) is 31.2 Å². The van der Waals surface area contributed by atoms with Gasteiger partial charge in [-0.25, -0.2) is 4.39 Å². The Balaban J connectivity index is 1.27. The largest absolute Gasteiger partial charge is 0.352 e. The molecule has 1 saturated heterocycles. The number of likely N-dealkylation sites (tertiary alicyclic amines) is 1. The Hall–Kier alpha value is -3.66. The third-order valence-corrected chi connectivity index (χ3v) is 6.68. The molecule has 34 heavy (non-hydrogen) atoms. The Labute approximate surface area is 200 Å². The van der Waals surface area contributed by atoms with Gasteiger partial charge in [-0.2, -0.15) is 0 Å². The fourth-order valence-electron chi connectivity index (χ4n) is 3.73. The van der Waals surface area contributed by atoms with Crippen LogP contribution in [0.15, 0.2) is 48.5 Å². The van der Waals surface area contributed by atoms with E-state index in [1.807, 2.05) is 31.2 Å². The molecule has 0 bridgehead atoms. The monoisotopic (exact) mass is 481 g/mol. The van der Waals surface area contributed by atoms with Crippen molar-refractivity contribution in [2.45, 2.75) is 26.3 Å². The number of carbonyl (C=O) groups is 3. The van der Waals surface area contributed by atoms with E-state index in [0.717, 1.165) is 22.5 Å². The molecule has 2 N–H and O–H groups in total. The Morgan fingerprint density at radius 3 is 2.41 bits per heavy atom. The van der Waals surface area contributed by atoms with Gasteiger partial charge in [0.15, 0.2) is 0 Å². The zero-order valence-corrected chi connectivity index (χ0v) is 19.4. The number of anilines is 1. The van der Waals surface area contributed by atoms with Gasteiger partial charge in [-0.15, -0.1) is 10.2 Å². The van der Waals surface area contributed by atoms with Gasteiger partial charge >= 0.3 is 0 Å². The van der Waals surface area contributed by atoms with Crippen molar-refractivity contribution in [3.8, 4) is 0 Å². The lowest BCUT2D eigenvalue weighted by Crippen LogP contribution is -2.43. The molecule has 10 heteroatoms. The lowest BCUT2D eigenvalue weighted by Gasteiger charge is -2.30. The minimum atomic E-state index is -0.521. The van der Waals surface area contributed by atoms with Gasteiger partial charge in [0.05, 0.1) is 0 Å². The zero-order valence-electron chi connectivity index (χ0n) is 18.6. The summed E-state index contributed by atoms with van der Waals surface area (Å²) in [6.45, 7) is 3.35. The number of nitrogens with zero attached hydrogens (tertiary/aromatic N) is 3. The molecule has 1 aliphatic heterocycles. The second kappa shape index (κ2) is 10.5. The van der Waals surface area contributed by atoms with Gasteiger partial charge < -0.3 is 15.5 Å². The first-order valence-corrected chi connectivity index (χ1v) is 11.7. The van der Waals surface area contributed by atoms with Crippen LogP contribution >= 0.6 is 11.3 Å². The Morgan fingerprint density at radius 2 is 1.71 bits per heavy atom. The van der Waals surface area contributed by atoms with E-state index >= 15 is 0 Å². The van der Waals surface area contributed by atoms with Crippen molar-refractivity contribution in [2.24, 2.45) is 5.92 Å².